The molecule has 4 fully saturated rings. The lowest BCUT2D eigenvalue weighted by Crippen LogP contribution is -2.29. The molecule has 0 spiro atoms. The van der Waals surface area contributed by atoms with Crippen molar-refractivity contribution in [2.75, 3.05) is 45.0 Å². The van der Waals surface area contributed by atoms with Gasteiger partial charge in [0, 0.05) is 47.7 Å². The number of hydrogen-bond acceptors (Lipinski definition) is 3. The number of nitrogens with zero attached hydrogens (tertiary/aromatic N) is 2. The van der Waals surface area contributed by atoms with Crippen LogP contribution in [0.1, 0.15) is 97.6 Å². The van der Waals surface area contributed by atoms with Gasteiger partial charge in [-0.15, -0.1) is 0 Å². The van der Waals surface area contributed by atoms with Gasteiger partial charge in [0.25, 0.3) is 0 Å². The Balaban J connectivity index is 0.000000184. The lowest BCUT2D eigenvalue weighted by molar-refractivity contribution is 0.271. The van der Waals surface area contributed by atoms with E-state index in [4.69, 9.17) is 17.3 Å². The number of hydrogen-bond donors (Lipinski definition) is 1. The summed E-state index contributed by atoms with van der Waals surface area (Å²) in [4.78, 5) is 5.36. The second-order valence-electron chi connectivity index (χ2n) is 13.8. The Morgan fingerprint density at radius 3 is 1.54 bits per heavy atom. The third-order valence-corrected chi connectivity index (χ3v) is 11.5. The first kappa shape index (κ1) is 32.4. The van der Waals surface area contributed by atoms with Crippen molar-refractivity contribution in [1.29, 1.82) is 0 Å². The molecule has 2 heterocycles. The van der Waals surface area contributed by atoms with E-state index in [9.17, 15) is 0 Å². The summed E-state index contributed by atoms with van der Waals surface area (Å²) in [5, 5.41) is 0.880. The molecule has 2 aromatic rings. The van der Waals surface area contributed by atoms with Crippen molar-refractivity contribution in [1.82, 2.24) is 9.80 Å². The van der Waals surface area contributed by atoms with Crippen LogP contribution in [0.2, 0.25) is 5.02 Å². The Hall–Kier alpha value is -1.55. The molecule has 2 N–H and O–H groups in total. The molecule has 4 aliphatic rings. The average Bonchev–Trinajstić information content (AvgIpc) is 3.45. The van der Waals surface area contributed by atoms with Gasteiger partial charge in [-0.25, -0.2) is 0 Å². The summed E-state index contributed by atoms with van der Waals surface area (Å²) >= 11 is 6.15. The maximum absolute atomic E-state index is 6.15. The molecule has 2 aliphatic heterocycles. The number of piperidine rings is 2. The van der Waals surface area contributed by atoms with Gasteiger partial charge in [0.15, 0.2) is 0 Å². The number of nitrogen functional groups attached to an aromatic ring is 1. The predicted octanol–water partition coefficient (Wildman–Crippen LogP) is 9.04. The van der Waals surface area contributed by atoms with Gasteiger partial charge < -0.3 is 15.5 Å². The minimum Gasteiger partial charge on any atom is -0.399 e. The number of unbranched alkanes of at least 4 members (excludes halogenated alkanes) is 6. The Bertz CT molecular complexity index is 1000. The lowest BCUT2D eigenvalue weighted by Gasteiger charge is -2.24. The van der Waals surface area contributed by atoms with Gasteiger partial charge in [0.05, 0.1) is 0 Å². The SMILES string of the molecule is C.CCCCCCN1CC2C(C1)C2(C)c1cccc(Cl)c1.CCCCCCN1CC2C(C1)C2(C)c1cccc(N)c1. The zero-order valence-electron chi connectivity index (χ0n) is 25.7. The summed E-state index contributed by atoms with van der Waals surface area (Å²) in [7, 11) is 0. The van der Waals surface area contributed by atoms with Crippen molar-refractivity contribution in [3.63, 3.8) is 0 Å². The zero-order valence-corrected chi connectivity index (χ0v) is 26.4. The highest BCUT2D eigenvalue weighted by molar-refractivity contribution is 6.30. The molecule has 41 heavy (non-hydrogen) atoms. The molecule has 2 aromatic carbocycles. The van der Waals surface area contributed by atoms with E-state index in [1.54, 1.807) is 0 Å². The number of benzene rings is 2. The normalized spacial score (nSPS) is 31.5. The minimum absolute atomic E-state index is 0. The summed E-state index contributed by atoms with van der Waals surface area (Å²) in [6, 6.07) is 17.1. The number of anilines is 1. The van der Waals surface area contributed by atoms with Crippen LogP contribution in [-0.4, -0.2) is 49.1 Å². The van der Waals surface area contributed by atoms with E-state index in [1.165, 1.54) is 102 Å². The summed E-state index contributed by atoms with van der Waals surface area (Å²) in [6.07, 6.45) is 11.0. The van der Waals surface area contributed by atoms with Gasteiger partial charge in [-0.05, 0) is 85.0 Å². The molecule has 3 nitrogen and oxygen atoms in total. The van der Waals surface area contributed by atoms with Crippen LogP contribution in [0.4, 0.5) is 5.69 Å². The molecule has 228 valence electrons. The van der Waals surface area contributed by atoms with E-state index >= 15 is 0 Å². The molecular formula is C37H58ClN3. The molecule has 0 radical (unpaired) electrons. The van der Waals surface area contributed by atoms with Crippen LogP contribution in [0.3, 0.4) is 0 Å². The summed E-state index contributed by atoms with van der Waals surface area (Å²) in [5.41, 5.74) is 10.6. The van der Waals surface area contributed by atoms with Gasteiger partial charge in [-0.2, -0.15) is 0 Å². The van der Waals surface area contributed by atoms with Crippen LogP contribution in [0.15, 0.2) is 48.5 Å². The first-order chi connectivity index (χ1) is 19.3. The largest absolute Gasteiger partial charge is 0.399 e. The third kappa shape index (κ3) is 6.84. The van der Waals surface area contributed by atoms with Crippen molar-refractivity contribution in [3.8, 4) is 0 Å². The topological polar surface area (TPSA) is 32.5 Å². The highest BCUT2D eigenvalue weighted by atomic mass is 35.5. The molecule has 0 bridgehead atoms. The number of likely N-dealkylation sites (tertiary alicyclic amines) is 2. The van der Waals surface area contributed by atoms with Crippen molar-refractivity contribution in [2.45, 2.75) is 97.3 Å². The lowest BCUT2D eigenvalue weighted by atomic mass is 9.92. The van der Waals surface area contributed by atoms with Crippen LogP contribution in [0, 0.1) is 23.7 Å². The Morgan fingerprint density at radius 1 is 0.683 bits per heavy atom. The van der Waals surface area contributed by atoms with Gasteiger partial charge in [-0.3, -0.25) is 0 Å². The fraction of sp³-hybridized carbons (Fsp3) is 0.676. The molecule has 2 saturated heterocycles. The van der Waals surface area contributed by atoms with E-state index in [0.717, 1.165) is 34.4 Å². The number of fused-ring (bicyclic) bond motifs is 2. The number of nitrogens with two attached hydrogens (primary N) is 1. The Kier molecular flexibility index (Phi) is 10.9. The first-order valence-electron chi connectivity index (χ1n) is 16.4. The standard InChI is InChI=1S/C18H26ClN.C18H28N2.CH4/c2*1-3-4-5-6-10-20-12-16-17(13-20)18(16,2)14-8-7-9-15(19)11-14;/h7-9,11,16-17H,3-6,10,12-13H2,1-2H3;7-9,11,16-17H,3-6,10,12-13,19H2,1-2H3;1H4. The average molecular weight is 580 g/mol. The van der Waals surface area contributed by atoms with E-state index < -0.39 is 0 Å². The van der Waals surface area contributed by atoms with Gasteiger partial charge in [-0.1, -0.05) is 110 Å². The van der Waals surface area contributed by atoms with Crippen molar-refractivity contribution < 1.29 is 0 Å². The zero-order chi connectivity index (χ0) is 28.3. The third-order valence-electron chi connectivity index (χ3n) is 11.3. The van der Waals surface area contributed by atoms with E-state index in [-0.39, 0.29) is 7.43 Å². The number of halogens is 1. The molecule has 4 heteroatoms. The fourth-order valence-corrected chi connectivity index (χ4v) is 8.56. The molecule has 2 saturated carbocycles. The minimum atomic E-state index is 0. The summed E-state index contributed by atoms with van der Waals surface area (Å²) < 4.78 is 0. The maximum Gasteiger partial charge on any atom is 0.0408 e. The molecule has 4 unspecified atom stereocenters. The van der Waals surface area contributed by atoms with Crippen LogP contribution in [-0.2, 0) is 10.8 Å². The highest BCUT2D eigenvalue weighted by Gasteiger charge is 2.66. The van der Waals surface area contributed by atoms with Crippen molar-refractivity contribution in [2.24, 2.45) is 23.7 Å². The summed E-state index contributed by atoms with van der Waals surface area (Å²) in [5.74, 6) is 3.42. The molecule has 0 amide bonds. The van der Waals surface area contributed by atoms with Crippen LogP contribution >= 0.6 is 11.6 Å². The fourth-order valence-electron chi connectivity index (χ4n) is 8.37. The second kappa shape index (κ2) is 13.8. The van der Waals surface area contributed by atoms with Gasteiger partial charge >= 0.3 is 0 Å². The highest BCUT2D eigenvalue weighted by Crippen LogP contribution is 2.64. The van der Waals surface area contributed by atoms with Crippen LogP contribution in [0.25, 0.3) is 0 Å². The number of rotatable bonds is 12. The van der Waals surface area contributed by atoms with E-state index in [2.05, 4.69) is 73.9 Å². The Morgan fingerprint density at radius 2 is 1.12 bits per heavy atom. The maximum atomic E-state index is 6.15. The molecule has 6 rings (SSSR count). The van der Waals surface area contributed by atoms with Gasteiger partial charge in [0.2, 0.25) is 0 Å². The smallest absolute Gasteiger partial charge is 0.0408 e. The van der Waals surface area contributed by atoms with Crippen LogP contribution in [0.5, 0.6) is 0 Å². The van der Waals surface area contributed by atoms with Gasteiger partial charge in [0.1, 0.15) is 0 Å². The second-order valence-corrected chi connectivity index (χ2v) is 14.2. The van der Waals surface area contributed by atoms with Crippen molar-refractivity contribution >= 4 is 17.3 Å². The first-order valence-corrected chi connectivity index (χ1v) is 16.8. The van der Waals surface area contributed by atoms with E-state index in [0.29, 0.717) is 10.8 Å². The molecular weight excluding hydrogens is 522 g/mol. The monoisotopic (exact) mass is 579 g/mol. The predicted molar refractivity (Wildman–Crippen MR) is 179 cm³/mol. The van der Waals surface area contributed by atoms with Crippen LogP contribution < -0.4 is 5.73 Å². The van der Waals surface area contributed by atoms with Crippen molar-refractivity contribution in [3.05, 3.63) is 64.7 Å². The summed E-state index contributed by atoms with van der Waals surface area (Å²) in [6.45, 7) is 17.2. The molecule has 0 aromatic heterocycles. The molecule has 4 atom stereocenters. The molecule has 2 aliphatic carbocycles. The van der Waals surface area contributed by atoms with E-state index in [1.807, 2.05) is 12.1 Å². The quantitative estimate of drug-likeness (QED) is 0.201. The Labute approximate surface area is 257 Å².